The van der Waals surface area contributed by atoms with E-state index < -0.39 is 0 Å². The van der Waals surface area contributed by atoms with Crippen molar-refractivity contribution in [2.45, 2.75) is 51.4 Å². The predicted octanol–water partition coefficient (Wildman–Crippen LogP) is 6.40. The molecule has 2 fully saturated rings. The van der Waals surface area contributed by atoms with Gasteiger partial charge >= 0.3 is 0 Å². The highest BCUT2D eigenvalue weighted by atomic mass is 127. The maximum atomic E-state index is 9.28. The monoisotopic (exact) mass is 462 g/mol. The standard InChI is InChI=1S/C12H15I.C12H16O/c2*1-9-3-2-4-11(7-9)12(8-13)10-5-6-10/h2-4,7,10,12H,5-6,8H2,1H3;2-4,7,10,12-13H,5-6,8H2,1H3. The number of aliphatic hydroxyl groups is 1. The van der Waals surface area contributed by atoms with Gasteiger partial charge in [0, 0.05) is 10.3 Å². The lowest BCUT2D eigenvalue weighted by molar-refractivity contribution is 0.253. The van der Waals surface area contributed by atoms with Gasteiger partial charge in [0.2, 0.25) is 0 Å². The molecule has 0 amide bonds. The summed E-state index contributed by atoms with van der Waals surface area (Å²) < 4.78 is 1.27. The zero-order valence-electron chi connectivity index (χ0n) is 16.0. The molecule has 4 rings (SSSR count). The normalized spacial score (nSPS) is 18.6. The predicted molar refractivity (Wildman–Crippen MR) is 119 cm³/mol. The highest BCUT2D eigenvalue weighted by Gasteiger charge is 2.32. The zero-order valence-corrected chi connectivity index (χ0v) is 18.2. The number of rotatable bonds is 6. The van der Waals surface area contributed by atoms with Crippen molar-refractivity contribution in [1.29, 1.82) is 0 Å². The molecule has 1 N–H and O–H groups in total. The number of halogens is 1. The zero-order chi connectivity index (χ0) is 18.5. The van der Waals surface area contributed by atoms with Gasteiger partial charge in [-0.15, -0.1) is 0 Å². The van der Waals surface area contributed by atoms with E-state index in [4.69, 9.17) is 0 Å². The average molecular weight is 462 g/mol. The topological polar surface area (TPSA) is 20.2 Å². The van der Waals surface area contributed by atoms with E-state index in [0.29, 0.717) is 12.5 Å². The van der Waals surface area contributed by atoms with E-state index in [2.05, 4.69) is 85.0 Å². The van der Waals surface area contributed by atoms with Crippen LogP contribution in [-0.4, -0.2) is 16.1 Å². The summed E-state index contributed by atoms with van der Waals surface area (Å²) in [6.07, 6.45) is 5.47. The molecule has 0 aliphatic heterocycles. The molecule has 0 heterocycles. The Hall–Kier alpha value is -0.870. The Morgan fingerprint density at radius 3 is 1.69 bits per heavy atom. The van der Waals surface area contributed by atoms with Gasteiger partial charge in [-0.2, -0.15) is 0 Å². The van der Waals surface area contributed by atoms with Crippen molar-refractivity contribution < 1.29 is 5.11 Å². The summed E-state index contributed by atoms with van der Waals surface area (Å²) in [7, 11) is 0. The number of aliphatic hydroxyl groups excluding tert-OH is 1. The lowest BCUT2D eigenvalue weighted by Crippen LogP contribution is -2.06. The van der Waals surface area contributed by atoms with Crippen LogP contribution in [0.3, 0.4) is 0 Å². The molecule has 140 valence electrons. The molecule has 0 saturated heterocycles. The van der Waals surface area contributed by atoms with Crippen molar-refractivity contribution in [3.05, 3.63) is 70.8 Å². The fraction of sp³-hybridized carbons (Fsp3) is 0.500. The van der Waals surface area contributed by atoms with E-state index in [1.54, 1.807) is 5.56 Å². The second-order valence-electron chi connectivity index (χ2n) is 8.05. The first-order valence-electron chi connectivity index (χ1n) is 9.92. The molecule has 0 spiro atoms. The molecule has 26 heavy (non-hydrogen) atoms. The fourth-order valence-electron chi connectivity index (χ4n) is 3.81. The molecule has 0 bridgehead atoms. The molecule has 2 saturated carbocycles. The van der Waals surface area contributed by atoms with E-state index in [9.17, 15) is 5.11 Å². The number of aryl methyl sites for hydroxylation is 2. The summed E-state index contributed by atoms with van der Waals surface area (Å²) in [5.74, 6) is 2.94. The fourth-order valence-corrected chi connectivity index (χ4v) is 5.04. The lowest BCUT2D eigenvalue weighted by Gasteiger charge is -2.13. The van der Waals surface area contributed by atoms with Crippen LogP contribution in [-0.2, 0) is 0 Å². The second-order valence-corrected chi connectivity index (χ2v) is 8.93. The Balaban J connectivity index is 0.000000151. The lowest BCUT2D eigenvalue weighted by atomic mass is 9.94. The van der Waals surface area contributed by atoms with Crippen LogP contribution in [0.4, 0.5) is 0 Å². The van der Waals surface area contributed by atoms with E-state index >= 15 is 0 Å². The molecule has 0 radical (unpaired) electrons. The molecule has 2 heteroatoms. The largest absolute Gasteiger partial charge is 0.396 e. The number of benzene rings is 2. The molecular formula is C24H31IO. The highest BCUT2D eigenvalue weighted by molar-refractivity contribution is 14.1. The van der Waals surface area contributed by atoms with Gasteiger partial charge in [-0.25, -0.2) is 0 Å². The number of hydrogen-bond acceptors (Lipinski definition) is 1. The molecule has 2 unspecified atom stereocenters. The van der Waals surface area contributed by atoms with E-state index in [1.165, 1.54) is 46.8 Å². The third-order valence-electron chi connectivity index (χ3n) is 5.69. The van der Waals surface area contributed by atoms with Crippen LogP contribution in [0.5, 0.6) is 0 Å². The summed E-state index contributed by atoms with van der Waals surface area (Å²) in [5, 5.41) is 9.28. The number of alkyl halides is 1. The van der Waals surface area contributed by atoms with Gasteiger partial charge in [-0.3, -0.25) is 0 Å². The van der Waals surface area contributed by atoms with Gasteiger partial charge in [0.1, 0.15) is 0 Å². The Labute approximate surface area is 172 Å². The third-order valence-corrected chi connectivity index (χ3v) is 6.63. The van der Waals surface area contributed by atoms with E-state index in [-0.39, 0.29) is 0 Å². The van der Waals surface area contributed by atoms with Crippen molar-refractivity contribution in [3.63, 3.8) is 0 Å². The van der Waals surface area contributed by atoms with Gasteiger partial charge in [-0.1, -0.05) is 82.2 Å². The first-order valence-corrected chi connectivity index (χ1v) is 11.4. The Morgan fingerprint density at radius 1 is 0.846 bits per heavy atom. The van der Waals surface area contributed by atoms with Crippen LogP contribution in [0.1, 0.15) is 59.8 Å². The van der Waals surface area contributed by atoms with Crippen molar-refractivity contribution in [3.8, 4) is 0 Å². The van der Waals surface area contributed by atoms with Gasteiger partial charge in [-0.05, 0) is 68.4 Å². The first kappa shape index (κ1) is 19.9. The van der Waals surface area contributed by atoms with Gasteiger partial charge in [0.05, 0.1) is 6.61 Å². The maximum Gasteiger partial charge on any atom is 0.0502 e. The number of hydrogen-bond donors (Lipinski definition) is 1. The molecule has 2 aliphatic carbocycles. The molecular weight excluding hydrogens is 431 g/mol. The SMILES string of the molecule is Cc1cccc(C(CI)C2CC2)c1.Cc1cccc(C(CO)C2CC2)c1. The van der Waals surface area contributed by atoms with Crippen LogP contribution in [0.15, 0.2) is 48.5 Å². The summed E-state index contributed by atoms with van der Waals surface area (Å²) in [4.78, 5) is 0. The summed E-state index contributed by atoms with van der Waals surface area (Å²) in [6, 6.07) is 17.5. The van der Waals surface area contributed by atoms with Gasteiger partial charge in [0.25, 0.3) is 0 Å². The summed E-state index contributed by atoms with van der Waals surface area (Å²) in [6.45, 7) is 4.58. The summed E-state index contributed by atoms with van der Waals surface area (Å²) in [5.41, 5.74) is 5.55. The Kier molecular flexibility index (Phi) is 7.16. The van der Waals surface area contributed by atoms with Crippen LogP contribution < -0.4 is 0 Å². The highest BCUT2D eigenvalue weighted by Crippen LogP contribution is 2.43. The molecule has 2 aliphatic rings. The van der Waals surface area contributed by atoms with E-state index in [0.717, 1.165) is 17.8 Å². The maximum absolute atomic E-state index is 9.28. The molecule has 2 aromatic carbocycles. The van der Waals surface area contributed by atoms with Crippen molar-refractivity contribution >= 4 is 22.6 Å². The van der Waals surface area contributed by atoms with Crippen LogP contribution in [0.25, 0.3) is 0 Å². The Bertz CT molecular complexity index is 641. The molecule has 2 atom stereocenters. The second kappa shape index (κ2) is 9.36. The van der Waals surface area contributed by atoms with Crippen LogP contribution in [0, 0.1) is 25.7 Å². The van der Waals surface area contributed by atoms with Crippen molar-refractivity contribution in [2.24, 2.45) is 11.8 Å². The van der Waals surface area contributed by atoms with Crippen LogP contribution >= 0.6 is 22.6 Å². The minimum absolute atomic E-state index is 0.300. The quantitative estimate of drug-likeness (QED) is 0.389. The summed E-state index contributed by atoms with van der Waals surface area (Å²) >= 11 is 2.52. The smallest absolute Gasteiger partial charge is 0.0502 e. The third kappa shape index (κ3) is 5.56. The van der Waals surface area contributed by atoms with Crippen LogP contribution in [0.2, 0.25) is 0 Å². The van der Waals surface area contributed by atoms with Crippen molar-refractivity contribution in [1.82, 2.24) is 0 Å². The average Bonchev–Trinajstić information content (AvgIpc) is 3.52. The molecule has 2 aromatic rings. The van der Waals surface area contributed by atoms with Gasteiger partial charge in [0.15, 0.2) is 0 Å². The first-order chi connectivity index (χ1) is 12.6. The van der Waals surface area contributed by atoms with E-state index in [1.807, 2.05) is 0 Å². The van der Waals surface area contributed by atoms with Gasteiger partial charge < -0.3 is 5.11 Å². The molecule has 0 aromatic heterocycles. The van der Waals surface area contributed by atoms with Crippen molar-refractivity contribution in [2.75, 3.05) is 11.0 Å². The Morgan fingerprint density at radius 2 is 1.31 bits per heavy atom. The molecule has 1 nitrogen and oxygen atoms in total. The minimum Gasteiger partial charge on any atom is -0.396 e. The minimum atomic E-state index is 0.300.